The van der Waals surface area contributed by atoms with Gasteiger partial charge < -0.3 is 9.73 Å². The lowest BCUT2D eigenvalue weighted by molar-refractivity contribution is 0.0943. The van der Waals surface area contributed by atoms with Crippen LogP contribution in [-0.2, 0) is 6.54 Å². The van der Waals surface area contributed by atoms with Gasteiger partial charge in [-0.1, -0.05) is 48.5 Å². The first-order valence-electron chi connectivity index (χ1n) is 12.2. The predicted molar refractivity (Wildman–Crippen MR) is 137 cm³/mol. The molecule has 2 heterocycles. The summed E-state index contributed by atoms with van der Waals surface area (Å²) >= 11 is 0. The van der Waals surface area contributed by atoms with Gasteiger partial charge in [0.2, 0.25) is 0 Å². The van der Waals surface area contributed by atoms with E-state index < -0.39 is 0 Å². The molecule has 6 nitrogen and oxygen atoms in total. The Balaban J connectivity index is 1.18. The van der Waals surface area contributed by atoms with Crippen molar-refractivity contribution in [2.24, 2.45) is 11.8 Å². The minimum absolute atomic E-state index is 0.119. The number of carbonyl (C=O) groups excluding carboxylic acids is 1. The van der Waals surface area contributed by atoms with Crippen molar-refractivity contribution in [1.29, 1.82) is 5.26 Å². The van der Waals surface area contributed by atoms with Crippen molar-refractivity contribution >= 4 is 16.9 Å². The summed E-state index contributed by atoms with van der Waals surface area (Å²) in [7, 11) is 0. The van der Waals surface area contributed by atoms with Gasteiger partial charge in [-0.3, -0.25) is 14.5 Å². The first-order valence-corrected chi connectivity index (χ1v) is 12.2. The number of rotatable bonds is 5. The normalized spacial score (nSPS) is 20.6. The number of benzene rings is 3. The van der Waals surface area contributed by atoms with Crippen LogP contribution in [0.2, 0.25) is 0 Å². The van der Waals surface area contributed by atoms with Gasteiger partial charge in [0.15, 0.2) is 11.0 Å². The van der Waals surface area contributed by atoms with Crippen LogP contribution >= 0.6 is 0 Å². The number of nitriles is 1. The summed E-state index contributed by atoms with van der Waals surface area (Å²) in [5.41, 5.74) is 3.80. The molecule has 1 saturated carbocycles. The van der Waals surface area contributed by atoms with Gasteiger partial charge in [-0.25, -0.2) is 0 Å². The average molecular weight is 476 g/mol. The highest BCUT2D eigenvalue weighted by atomic mass is 16.3. The van der Waals surface area contributed by atoms with Crippen molar-refractivity contribution in [2.75, 3.05) is 13.1 Å². The monoisotopic (exact) mass is 475 g/mol. The number of likely N-dealkylation sites (tertiary alicyclic amines) is 1. The number of piperidine rings is 1. The molecule has 1 saturated heterocycles. The topological polar surface area (TPSA) is 86.3 Å². The average Bonchev–Trinajstić information content (AvgIpc) is 3.34. The number of fused-ring (bicyclic) bond motifs is 2. The van der Waals surface area contributed by atoms with Crippen molar-refractivity contribution in [3.8, 4) is 17.4 Å². The van der Waals surface area contributed by atoms with Crippen LogP contribution in [0.5, 0.6) is 0 Å². The maximum atomic E-state index is 13.3. The molecule has 3 aromatic carbocycles. The third-order valence-electron chi connectivity index (χ3n) is 7.48. The Morgan fingerprint density at radius 3 is 2.44 bits per heavy atom. The van der Waals surface area contributed by atoms with E-state index in [1.165, 1.54) is 5.56 Å². The maximum absolute atomic E-state index is 13.3. The zero-order chi connectivity index (χ0) is 24.8. The van der Waals surface area contributed by atoms with Crippen molar-refractivity contribution in [1.82, 2.24) is 10.2 Å². The third kappa shape index (κ3) is 3.88. The molecule has 2 unspecified atom stereocenters. The van der Waals surface area contributed by atoms with Crippen LogP contribution in [0.3, 0.4) is 0 Å². The predicted octanol–water partition coefficient (Wildman–Crippen LogP) is 4.50. The first-order chi connectivity index (χ1) is 17.5. The van der Waals surface area contributed by atoms with E-state index in [9.17, 15) is 9.59 Å². The minimum Gasteiger partial charge on any atom is -0.455 e. The number of carbonyl (C=O) groups is 1. The van der Waals surface area contributed by atoms with E-state index >= 15 is 0 Å². The van der Waals surface area contributed by atoms with Gasteiger partial charge in [-0.15, -0.1) is 0 Å². The largest absolute Gasteiger partial charge is 0.455 e. The van der Waals surface area contributed by atoms with E-state index in [0.717, 1.165) is 25.2 Å². The zero-order valence-corrected chi connectivity index (χ0v) is 19.9. The summed E-state index contributed by atoms with van der Waals surface area (Å²) in [4.78, 5) is 28.8. The van der Waals surface area contributed by atoms with Crippen molar-refractivity contribution < 1.29 is 9.21 Å². The molecule has 36 heavy (non-hydrogen) atoms. The fraction of sp³-hybridized carbons (Fsp3) is 0.233. The van der Waals surface area contributed by atoms with Crippen LogP contribution < -0.4 is 10.7 Å². The van der Waals surface area contributed by atoms with Crippen LogP contribution in [0, 0.1) is 30.1 Å². The number of nitrogens with zero attached hydrogens (tertiary/aromatic N) is 2. The maximum Gasteiger partial charge on any atom is 0.255 e. The summed E-state index contributed by atoms with van der Waals surface area (Å²) in [5, 5.41) is 12.6. The summed E-state index contributed by atoms with van der Waals surface area (Å²) < 4.78 is 6.22. The fourth-order valence-electron chi connectivity index (χ4n) is 5.48. The molecular formula is C30H25N3O3. The Morgan fingerprint density at radius 2 is 1.75 bits per heavy atom. The molecule has 1 N–H and O–H groups in total. The second-order valence-corrected chi connectivity index (χ2v) is 9.76. The van der Waals surface area contributed by atoms with Crippen LogP contribution in [0.4, 0.5) is 0 Å². The van der Waals surface area contributed by atoms with Crippen LogP contribution in [0.15, 0.2) is 82.0 Å². The lowest BCUT2D eigenvalue weighted by atomic mass is 10.0. The second-order valence-electron chi connectivity index (χ2n) is 9.76. The molecule has 4 aromatic rings. The fourth-order valence-corrected chi connectivity index (χ4v) is 5.48. The van der Waals surface area contributed by atoms with E-state index in [2.05, 4.69) is 16.3 Å². The third-order valence-corrected chi connectivity index (χ3v) is 7.48. The smallest absolute Gasteiger partial charge is 0.255 e. The van der Waals surface area contributed by atoms with E-state index in [1.54, 1.807) is 25.1 Å². The van der Waals surface area contributed by atoms with Gasteiger partial charge in [0.05, 0.1) is 22.6 Å². The molecule has 1 aliphatic heterocycles. The van der Waals surface area contributed by atoms with Gasteiger partial charge in [-0.2, -0.15) is 5.26 Å². The van der Waals surface area contributed by atoms with E-state index in [1.807, 2.05) is 54.6 Å². The summed E-state index contributed by atoms with van der Waals surface area (Å²) in [6.45, 7) is 4.46. The number of hydrogen-bond donors (Lipinski definition) is 1. The number of para-hydroxylation sites is 1. The molecule has 6 rings (SSSR count). The summed E-state index contributed by atoms with van der Waals surface area (Å²) in [5.74, 6) is 1.15. The molecule has 0 spiro atoms. The van der Waals surface area contributed by atoms with Crippen molar-refractivity contribution in [3.63, 3.8) is 0 Å². The Kier molecular flexibility index (Phi) is 5.43. The molecule has 1 aliphatic carbocycles. The van der Waals surface area contributed by atoms with Gasteiger partial charge in [-0.05, 0) is 48.6 Å². The molecule has 0 radical (unpaired) electrons. The van der Waals surface area contributed by atoms with E-state index in [-0.39, 0.29) is 17.4 Å². The molecule has 6 heteroatoms. The highest BCUT2D eigenvalue weighted by Gasteiger charge is 2.56. The number of amides is 1. The standard InChI is InChI=1S/C30H25N3O3/c1-18-27(34)22-8-5-9-23(29(22)36-28(18)21-6-3-2-4-7-21)30(35)32-26-24-16-33(17-25(24)26)15-20-12-10-19(14-31)11-13-20/h2-13,24-26H,15-17H2,1H3,(H,32,35). The second kappa shape index (κ2) is 8.78. The minimum atomic E-state index is -0.204. The molecule has 1 amide bonds. The van der Waals surface area contributed by atoms with Crippen LogP contribution in [0.25, 0.3) is 22.3 Å². The first kappa shape index (κ1) is 22.3. The number of nitrogens with one attached hydrogen (secondary N) is 1. The summed E-state index contributed by atoms with van der Waals surface area (Å²) in [6.07, 6.45) is 0. The lowest BCUT2D eigenvalue weighted by Crippen LogP contribution is -2.34. The molecule has 1 aromatic heterocycles. The molecule has 2 aliphatic rings. The molecule has 2 atom stereocenters. The lowest BCUT2D eigenvalue weighted by Gasteiger charge is -2.20. The highest BCUT2D eigenvalue weighted by Crippen LogP contribution is 2.46. The SMILES string of the molecule is Cc1c(-c2ccccc2)oc2c(C(=O)NC3C4CN(Cc5ccc(C#N)cc5)CC43)cccc2c1=O. The van der Waals surface area contributed by atoms with Gasteiger partial charge in [0.25, 0.3) is 5.91 Å². The quantitative estimate of drug-likeness (QED) is 0.459. The van der Waals surface area contributed by atoms with Crippen LogP contribution in [-0.4, -0.2) is 29.9 Å². The molecule has 2 fully saturated rings. The van der Waals surface area contributed by atoms with E-state index in [4.69, 9.17) is 9.68 Å². The van der Waals surface area contributed by atoms with Crippen molar-refractivity contribution in [3.05, 3.63) is 105 Å². The van der Waals surface area contributed by atoms with Gasteiger partial charge >= 0.3 is 0 Å². The Bertz CT molecular complexity index is 1560. The molecule has 0 bridgehead atoms. The summed E-state index contributed by atoms with van der Waals surface area (Å²) in [6, 6.07) is 24.7. The van der Waals surface area contributed by atoms with Crippen LogP contribution in [0.1, 0.15) is 27.0 Å². The zero-order valence-electron chi connectivity index (χ0n) is 19.9. The molecule has 178 valence electrons. The van der Waals surface area contributed by atoms with E-state index in [0.29, 0.717) is 45.3 Å². The van der Waals surface area contributed by atoms with Crippen molar-refractivity contribution in [2.45, 2.75) is 19.5 Å². The Hall–Kier alpha value is -4.21. The highest BCUT2D eigenvalue weighted by molar-refractivity contribution is 6.05. The Morgan fingerprint density at radius 1 is 1.03 bits per heavy atom. The van der Waals surface area contributed by atoms with Gasteiger partial charge in [0, 0.05) is 36.8 Å². The Labute approximate surface area is 208 Å². The molecular weight excluding hydrogens is 450 g/mol. The van der Waals surface area contributed by atoms with Gasteiger partial charge in [0.1, 0.15) is 5.76 Å². The number of hydrogen-bond acceptors (Lipinski definition) is 5.